The van der Waals surface area contributed by atoms with Gasteiger partial charge < -0.3 is 15.6 Å². The second-order valence-corrected chi connectivity index (χ2v) is 5.97. The van der Waals surface area contributed by atoms with Gasteiger partial charge in [0.1, 0.15) is 11.3 Å². The lowest BCUT2D eigenvalue weighted by Crippen LogP contribution is -2.14. The number of hydrogen-bond donors (Lipinski definition) is 3. The number of H-pyrrole nitrogens is 1. The smallest absolute Gasteiger partial charge is 0.226 e. The number of aromatic nitrogens is 4. The monoisotopic (exact) mass is 288 g/mol. The Bertz CT molecular complexity index is 614. The number of nitrogens with one attached hydrogen (secondary N) is 3. The van der Waals surface area contributed by atoms with Crippen LogP contribution in [-0.4, -0.2) is 33.0 Å². The van der Waals surface area contributed by atoms with Crippen LogP contribution in [0.3, 0.4) is 0 Å². The highest BCUT2D eigenvalue weighted by Crippen LogP contribution is 2.21. The van der Waals surface area contributed by atoms with E-state index in [1.54, 1.807) is 6.08 Å². The first-order valence-electron chi connectivity index (χ1n) is 7.37. The van der Waals surface area contributed by atoms with E-state index in [1.807, 2.05) is 0 Å². The minimum absolute atomic E-state index is 0.527. The zero-order chi connectivity index (χ0) is 15.4. The molecule has 0 spiro atoms. The minimum atomic E-state index is 0.527. The summed E-state index contributed by atoms with van der Waals surface area (Å²) in [5, 5.41) is 6.61. The lowest BCUT2D eigenvalue weighted by atomic mass is 10.2. The van der Waals surface area contributed by atoms with Crippen molar-refractivity contribution in [3.05, 3.63) is 12.4 Å². The molecule has 0 atom stereocenters. The summed E-state index contributed by atoms with van der Waals surface area (Å²) < 4.78 is 0. The fourth-order valence-electron chi connectivity index (χ4n) is 1.81. The third kappa shape index (κ3) is 3.93. The molecule has 0 bridgehead atoms. The van der Waals surface area contributed by atoms with Crippen molar-refractivity contribution >= 4 is 29.0 Å². The van der Waals surface area contributed by atoms with Crippen LogP contribution < -0.4 is 10.6 Å². The van der Waals surface area contributed by atoms with E-state index in [0.717, 1.165) is 24.4 Å². The highest BCUT2D eigenvalue weighted by molar-refractivity contribution is 5.85. The van der Waals surface area contributed by atoms with Gasteiger partial charge in [-0.1, -0.05) is 34.3 Å². The SMILES string of the molecule is C=Cc1nc2nc(NCC(C)C)nc(NCC(C)C)c2[nH]1. The van der Waals surface area contributed by atoms with Crippen LogP contribution in [0.1, 0.15) is 33.5 Å². The van der Waals surface area contributed by atoms with Crippen LogP contribution in [-0.2, 0) is 0 Å². The molecule has 2 rings (SSSR count). The Kier molecular flexibility index (Phi) is 4.77. The van der Waals surface area contributed by atoms with Crippen LogP contribution >= 0.6 is 0 Å². The molecular weight excluding hydrogens is 264 g/mol. The molecule has 0 aliphatic heterocycles. The molecule has 3 N–H and O–H groups in total. The number of fused-ring (bicyclic) bond motifs is 1. The van der Waals surface area contributed by atoms with Crippen molar-refractivity contribution in [3.8, 4) is 0 Å². The van der Waals surface area contributed by atoms with E-state index >= 15 is 0 Å². The van der Waals surface area contributed by atoms with Crippen molar-refractivity contribution in [3.63, 3.8) is 0 Å². The summed E-state index contributed by atoms with van der Waals surface area (Å²) in [4.78, 5) is 16.6. The van der Waals surface area contributed by atoms with Crippen molar-refractivity contribution in [2.45, 2.75) is 27.7 Å². The number of nitrogens with zero attached hydrogens (tertiary/aromatic N) is 3. The molecule has 2 heterocycles. The van der Waals surface area contributed by atoms with Gasteiger partial charge >= 0.3 is 0 Å². The van der Waals surface area contributed by atoms with Crippen molar-refractivity contribution in [1.82, 2.24) is 19.9 Å². The largest absolute Gasteiger partial charge is 0.368 e. The summed E-state index contributed by atoms with van der Waals surface area (Å²) in [7, 11) is 0. The van der Waals surface area contributed by atoms with Gasteiger partial charge in [0.25, 0.3) is 0 Å². The fraction of sp³-hybridized carbons (Fsp3) is 0.533. The molecule has 0 fully saturated rings. The molecule has 0 amide bonds. The van der Waals surface area contributed by atoms with Crippen LogP contribution in [0, 0.1) is 11.8 Å². The Balaban J connectivity index is 2.35. The third-order valence-electron chi connectivity index (χ3n) is 2.91. The van der Waals surface area contributed by atoms with Gasteiger partial charge in [-0.15, -0.1) is 0 Å². The number of anilines is 2. The van der Waals surface area contributed by atoms with E-state index in [0.29, 0.717) is 29.3 Å². The second-order valence-electron chi connectivity index (χ2n) is 5.97. The molecule has 114 valence electrons. The molecule has 2 aromatic heterocycles. The molecule has 0 saturated carbocycles. The van der Waals surface area contributed by atoms with Gasteiger partial charge in [-0.25, -0.2) is 4.98 Å². The Morgan fingerprint density at radius 1 is 1.05 bits per heavy atom. The topological polar surface area (TPSA) is 78.5 Å². The first-order chi connectivity index (χ1) is 9.99. The maximum Gasteiger partial charge on any atom is 0.226 e. The molecule has 6 heteroatoms. The number of rotatable bonds is 7. The summed E-state index contributed by atoms with van der Waals surface area (Å²) in [5.74, 6) is 3.14. The molecule has 0 saturated heterocycles. The Hall–Kier alpha value is -2.11. The molecular formula is C15H24N6. The molecule has 2 aromatic rings. The Morgan fingerprint density at radius 2 is 1.71 bits per heavy atom. The van der Waals surface area contributed by atoms with Crippen molar-refractivity contribution in [1.29, 1.82) is 0 Å². The average molecular weight is 288 g/mol. The van der Waals surface area contributed by atoms with Crippen LogP contribution in [0.25, 0.3) is 17.2 Å². The lowest BCUT2D eigenvalue weighted by Gasteiger charge is -2.11. The third-order valence-corrected chi connectivity index (χ3v) is 2.91. The lowest BCUT2D eigenvalue weighted by molar-refractivity contribution is 0.682. The van der Waals surface area contributed by atoms with E-state index < -0.39 is 0 Å². The first kappa shape index (κ1) is 15.3. The van der Waals surface area contributed by atoms with E-state index in [1.165, 1.54) is 0 Å². The fourth-order valence-corrected chi connectivity index (χ4v) is 1.81. The quantitative estimate of drug-likeness (QED) is 0.729. The maximum absolute atomic E-state index is 4.55. The maximum atomic E-state index is 4.55. The molecule has 0 radical (unpaired) electrons. The highest BCUT2D eigenvalue weighted by Gasteiger charge is 2.12. The summed E-state index contributed by atoms with van der Waals surface area (Å²) in [5.41, 5.74) is 1.47. The minimum Gasteiger partial charge on any atom is -0.368 e. The number of imidazole rings is 1. The summed E-state index contributed by atoms with van der Waals surface area (Å²) in [6.45, 7) is 14.0. The van der Waals surface area contributed by atoms with Gasteiger partial charge in [-0.3, -0.25) is 0 Å². The van der Waals surface area contributed by atoms with Crippen LogP contribution in [0.2, 0.25) is 0 Å². The van der Waals surface area contributed by atoms with Crippen molar-refractivity contribution < 1.29 is 0 Å². The highest BCUT2D eigenvalue weighted by atomic mass is 15.2. The molecule has 6 nitrogen and oxygen atoms in total. The first-order valence-corrected chi connectivity index (χ1v) is 7.37. The molecule has 21 heavy (non-hydrogen) atoms. The van der Waals surface area contributed by atoms with Crippen LogP contribution in [0.15, 0.2) is 6.58 Å². The van der Waals surface area contributed by atoms with Gasteiger partial charge in [0, 0.05) is 13.1 Å². The molecule has 0 unspecified atom stereocenters. The Labute approximate surface area is 125 Å². The van der Waals surface area contributed by atoms with E-state index in [2.05, 4.69) is 64.8 Å². The van der Waals surface area contributed by atoms with Crippen LogP contribution in [0.4, 0.5) is 11.8 Å². The van der Waals surface area contributed by atoms with Crippen LogP contribution in [0.5, 0.6) is 0 Å². The van der Waals surface area contributed by atoms with Gasteiger partial charge in [0.15, 0.2) is 11.5 Å². The Morgan fingerprint density at radius 3 is 2.33 bits per heavy atom. The molecule has 0 aliphatic rings. The second kappa shape index (κ2) is 6.56. The zero-order valence-corrected chi connectivity index (χ0v) is 13.2. The van der Waals surface area contributed by atoms with E-state index in [4.69, 9.17) is 0 Å². The predicted octanol–water partition coefficient (Wildman–Crippen LogP) is 3.13. The van der Waals surface area contributed by atoms with Gasteiger partial charge in [0.2, 0.25) is 5.95 Å². The van der Waals surface area contributed by atoms with Gasteiger partial charge in [-0.2, -0.15) is 9.97 Å². The predicted molar refractivity (Wildman–Crippen MR) is 88.4 cm³/mol. The summed E-state index contributed by atoms with van der Waals surface area (Å²) in [6.07, 6.45) is 1.68. The standard InChI is InChI=1S/C15H24N6/c1-6-11-18-12-13(16-7-9(2)3)20-15(17-8-10(4)5)21-14(12)19-11/h6,9-10H,1,7-8H2,2-5H3,(H3,16,17,18,19,20,21). The van der Waals surface area contributed by atoms with Crippen molar-refractivity contribution in [2.75, 3.05) is 23.7 Å². The summed E-state index contributed by atoms with van der Waals surface area (Å²) >= 11 is 0. The summed E-state index contributed by atoms with van der Waals surface area (Å²) in [6, 6.07) is 0. The van der Waals surface area contributed by atoms with Gasteiger partial charge in [0.05, 0.1) is 0 Å². The number of aromatic amines is 1. The normalized spacial score (nSPS) is 11.3. The number of hydrogen-bond acceptors (Lipinski definition) is 5. The zero-order valence-electron chi connectivity index (χ0n) is 13.2. The van der Waals surface area contributed by atoms with Crippen molar-refractivity contribution in [2.24, 2.45) is 11.8 Å². The average Bonchev–Trinajstić information content (AvgIpc) is 2.85. The van der Waals surface area contributed by atoms with Gasteiger partial charge in [-0.05, 0) is 17.9 Å². The van der Waals surface area contributed by atoms with E-state index in [-0.39, 0.29) is 0 Å². The molecule has 0 aliphatic carbocycles. The van der Waals surface area contributed by atoms with E-state index in [9.17, 15) is 0 Å². The molecule has 0 aromatic carbocycles.